The van der Waals surface area contributed by atoms with Crippen molar-refractivity contribution in [1.82, 2.24) is 10.3 Å². The Morgan fingerprint density at radius 2 is 2.50 bits per heavy atom. The highest BCUT2D eigenvalue weighted by Crippen LogP contribution is 2.41. The molecule has 1 N–H and O–H groups in total. The first-order valence-corrected chi connectivity index (χ1v) is 6.76. The fraction of sp³-hybridized carbons (Fsp3) is 0.615. The van der Waals surface area contributed by atoms with Crippen LogP contribution in [0.15, 0.2) is 6.20 Å². The molecule has 0 aromatic carbocycles. The average molecular weight is 234 g/mol. The molecule has 16 heavy (non-hydrogen) atoms. The predicted octanol–water partition coefficient (Wildman–Crippen LogP) is 2.91. The molecule has 0 saturated heterocycles. The third-order valence-corrected chi connectivity index (χ3v) is 4.08. The normalized spacial score (nSPS) is 17.0. The molecule has 3 heteroatoms. The van der Waals surface area contributed by atoms with Crippen LogP contribution in [0.1, 0.15) is 48.4 Å². The first kappa shape index (κ1) is 11.6. The van der Waals surface area contributed by atoms with E-state index in [9.17, 15) is 0 Å². The van der Waals surface area contributed by atoms with Gasteiger partial charge in [0.1, 0.15) is 0 Å². The van der Waals surface area contributed by atoms with Crippen molar-refractivity contribution in [3.63, 3.8) is 0 Å². The van der Waals surface area contributed by atoms with Crippen molar-refractivity contribution in [2.75, 3.05) is 0 Å². The first-order chi connectivity index (χ1) is 7.83. The van der Waals surface area contributed by atoms with E-state index < -0.39 is 0 Å². The maximum absolute atomic E-state index is 5.33. The molecule has 1 saturated carbocycles. The van der Waals surface area contributed by atoms with Crippen molar-refractivity contribution in [3.8, 4) is 12.3 Å². The predicted molar refractivity (Wildman–Crippen MR) is 68.5 cm³/mol. The number of terminal acetylenes is 1. The summed E-state index contributed by atoms with van der Waals surface area (Å²) in [6.45, 7) is 3.07. The Kier molecular flexibility index (Phi) is 3.98. The van der Waals surface area contributed by atoms with Crippen molar-refractivity contribution < 1.29 is 0 Å². The quantitative estimate of drug-likeness (QED) is 0.766. The highest BCUT2D eigenvalue weighted by molar-refractivity contribution is 7.11. The van der Waals surface area contributed by atoms with Gasteiger partial charge in [-0.05, 0) is 19.3 Å². The van der Waals surface area contributed by atoms with Gasteiger partial charge in [0, 0.05) is 36.0 Å². The van der Waals surface area contributed by atoms with E-state index in [2.05, 4.69) is 23.1 Å². The van der Waals surface area contributed by atoms with E-state index in [4.69, 9.17) is 6.42 Å². The Morgan fingerprint density at radius 1 is 1.69 bits per heavy atom. The fourth-order valence-corrected chi connectivity index (χ4v) is 2.71. The number of nitrogens with one attached hydrogen (secondary N) is 1. The summed E-state index contributed by atoms with van der Waals surface area (Å²) in [4.78, 5) is 5.80. The molecule has 0 spiro atoms. The summed E-state index contributed by atoms with van der Waals surface area (Å²) in [7, 11) is 0. The van der Waals surface area contributed by atoms with Crippen LogP contribution >= 0.6 is 11.3 Å². The van der Waals surface area contributed by atoms with Gasteiger partial charge in [0.2, 0.25) is 0 Å². The van der Waals surface area contributed by atoms with Crippen LogP contribution in [-0.2, 0) is 6.54 Å². The second kappa shape index (κ2) is 5.47. The van der Waals surface area contributed by atoms with Crippen LogP contribution in [0, 0.1) is 12.3 Å². The van der Waals surface area contributed by atoms with Crippen LogP contribution in [0.3, 0.4) is 0 Å². The van der Waals surface area contributed by atoms with Gasteiger partial charge in [-0.25, -0.2) is 4.98 Å². The minimum absolute atomic E-state index is 0.441. The molecule has 2 rings (SSSR count). The molecule has 1 aromatic rings. The number of nitrogens with zero attached hydrogens (tertiary/aromatic N) is 1. The smallest absolute Gasteiger partial charge is 0.0959 e. The Hall–Kier alpha value is -0.850. The average Bonchev–Trinajstić information content (AvgIpc) is 3.04. The van der Waals surface area contributed by atoms with Crippen molar-refractivity contribution >= 4 is 11.3 Å². The summed E-state index contributed by atoms with van der Waals surface area (Å²) in [6.07, 6.45) is 11.9. The molecule has 1 atom stereocenters. The highest BCUT2D eigenvalue weighted by Gasteiger charge is 2.26. The third kappa shape index (κ3) is 3.07. The van der Waals surface area contributed by atoms with Gasteiger partial charge in [-0.2, -0.15) is 0 Å². The summed E-state index contributed by atoms with van der Waals surface area (Å²) in [6, 6.07) is 0.441. The minimum atomic E-state index is 0.441. The van der Waals surface area contributed by atoms with E-state index in [1.165, 1.54) is 22.7 Å². The second-order valence-electron chi connectivity index (χ2n) is 4.33. The number of hydrogen-bond donors (Lipinski definition) is 1. The van der Waals surface area contributed by atoms with Crippen LogP contribution in [0.25, 0.3) is 0 Å². The van der Waals surface area contributed by atoms with Crippen LogP contribution in [-0.4, -0.2) is 11.0 Å². The number of hydrogen-bond acceptors (Lipinski definition) is 3. The monoisotopic (exact) mass is 234 g/mol. The summed E-state index contributed by atoms with van der Waals surface area (Å²) in [5.74, 6) is 3.48. The largest absolute Gasteiger partial charge is 0.308 e. The van der Waals surface area contributed by atoms with Gasteiger partial charge in [0.05, 0.1) is 5.01 Å². The van der Waals surface area contributed by atoms with E-state index in [0.717, 1.165) is 25.3 Å². The maximum atomic E-state index is 5.33. The third-order valence-electron chi connectivity index (χ3n) is 2.92. The molecule has 1 aliphatic carbocycles. The SMILES string of the molecule is C#CCC(CC)NCc1cnc(C2CC2)s1. The van der Waals surface area contributed by atoms with E-state index in [-0.39, 0.29) is 0 Å². The van der Waals surface area contributed by atoms with Gasteiger partial charge in [0.25, 0.3) is 0 Å². The Balaban J connectivity index is 1.81. The van der Waals surface area contributed by atoms with Crippen LogP contribution < -0.4 is 5.32 Å². The molecule has 0 amide bonds. The molecule has 0 aliphatic heterocycles. The lowest BCUT2D eigenvalue weighted by atomic mass is 10.1. The molecule has 0 radical (unpaired) electrons. The van der Waals surface area contributed by atoms with E-state index in [1.807, 2.05) is 17.5 Å². The second-order valence-corrected chi connectivity index (χ2v) is 5.48. The van der Waals surface area contributed by atoms with Crippen LogP contribution in [0.2, 0.25) is 0 Å². The molecule has 1 aliphatic rings. The van der Waals surface area contributed by atoms with Gasteiger partial charge in [-0.1, -0.05) is 6.92 Å². The van der Waals surface area contributed by atoms with Gasteiger partial charge < -0.3 is 5.32 Å². The summed E-state index contributed by atoms with van der Waals surface area (Å²) in [5.41, 5.74) is 0. The summed E-state index contributed by atoms with van der Waals surface area (Å²) in [5, 5.41) is 4.81. The number of thiazole rings is 1. The lowest BCUT2D eigenvalue weighted by Gasteiger charge is -2.12. The first-order valence-electron chi connectivity index (χ1n) is 5.95. The summed E-state index contributed by atoms with van der Waals surface area (Å²) >= 11 is 1.85. The standard InChI is InChI=1S/C13H18N2S/c1-3-5-11(4-2)14-8-12-9-15-13(16-12)10-6-7-10/h1,9-11,14H,4-8H2,2H3. The van der Waals surface area contributed by atoms with E-state index in [1.54, 1.807) is 0 Å². The number of rotatable bonds is 6. The number of aromatic nitrogens is 1. The van der Waals surface area contributed by atoms with E-state index in [0.29, 0.717) is 6.04 Å². The lowest BCUT2D eigenvalue weighted by Crippen LogP contribution is -2.26. The molecule has 2 nitrogen and oxygen atoms in total. The zero-order valence-electron chi connectivity index (χ0n) is 9.70. The fourth-order valence-electron chi connectivity index (χ4n) is 1.67. The Bertz CT molecular complexity index is 374. The molecule has 1 fully saturated rings. The van der Waals surface area contributed by atoms with Crippen molar-refractivity contribution in [1.29, 1.82) is 0 Å². The minimum Gasteiger partial charge on any atom is -0.308 e. The van der Waals surface area contributed by atoms with Gasteiger partial charge in [-0.15, -0.1) is 23.7 Å². The van der Waals surface area contributed by atoms with Gasteiger partial charge >= 0.3 is 0 Å². The van der Waals surface area contributed by atoms with Gasteiger partial charge in [0.15, 0.2) is 0 Å². The molecule has 86 valence electrons. The highest BCUT2D eigenvalue weighted by atomic mass is 32.1. The molecule has 1 heterocycles. The van der Waals surface area contributed by atoms with Crippen molar-refractivity contribution in [2.24, 2.45) is 0 Å². The summed E-state index contributed by atoms with van der Waals surface area (Å²) < 4.78 is 0. The Labute approximate surface area is 101 Å². The molecular weight excluding hydrogens is 216 g/mol. The molecule has 1 aromatic heterocycles. The molecule has 1 unspecified atom stereocenters. The zero-order valence-corrected chi connectivity index (χ0v) is 10.5. The maximum Gasteiger partial charge on any atom is 0.0959 e. The lowest BCUT2D eigenvalue weighted by molar-refractivity contribution is 0.509. The van der Waals surface area contributed by atoms with Crippen molar-refractivity contribution in [2.45, 2.75) is 51.1 Å². The Morgan fingerprint density at radius 3 is 3.12 bits per heavy atom. The van der Waals surface area contributed by atoms with Crippen LogP contribution in [0.4, 0.5) is 0 Å². The topological polar surface area (TPSA) is 24.9 Å². The molecule has 0 bridgehead atoms. The molecular formula is C13H18N2S. The van der Waals surface area contributed by atoms with E-state index >= 15 is 0 Å². The van der Waals surface area contributed by atoms with Gasteiger partial charge in [-0.3, -0.25) is 0 Å². The van der Waals surface area contributed by atoms with Crippen LogP contribution in [0.5, 0.6) is 0 Å². The zero-order chi connectivity index (χ0) is 11.4. The van der Waals surface area contributed by atoms with Crippen molar-refractivity contribution in [3.05, 3.63) is 16.1 Å².